The molecule has 182 valence electrons. The van der Waals surface area contributed by atoms with Crippen molar-refractivity contribution in [2.45, 2.75) is 38.7 Å². The average molecular weight is 469 g/mol. The largest absolute Gasteiger partial charge is 0.481 e. The van der Waals surface area contributed by atoms with Gasteiger partial charge in [-0.15, -0.1) is 0 Å². The topological polar surface area (TPSA) is 114 Å². The van der Waals surface area contributed by atoms with E-state index in [-0.39, 0.29) is 32.0 Å². The van der Waals surface area contributed by atoms with Crippen molar-refractivity contribution in [3.8, 4) is 11.1 Å². The minimum atomic E-state index is -1.05. The second kappa shape index (κ2) is 11.2. The summed E-state index contributed by atoms with van der Waals surface area (Å²) in [4.78, 5) is 36.1. The summed E-state index contributed by atoms with van der Waals surface area (Å²) < 4.78 is 10.7. The van der Waals surface area contributed by atoms with Crippen molar-refractivity contribution in [3.63, 3.8) is 0 Å². The van der Waals surface area contributed by atoms with Crippen LogP contribution < -0.4 is 10.6 Å². The summed E-state index contributed by atoms with van der Waals surface area (Å²) in [5.41, 5.74) is 3.53. The lowest BCUT2D eigenvalue weighted by Crippen LogP contribution is -2.45. The smallest absolute Gasteiger partial charge is 0.407 e. The van der Waals surface area contributed by atoms with Gasteiger partial charge in [0.25, 0.3) is 0 Å². The molecule has 0 spiro atoms. The molecule has 0 aliphatic heterocycles. The van der Waals surface area contributed by atoms with Gasteiger partial charge >= 0.3 is 12.1 Å². The molecule has 2 aromatic carbocycles. The Morgan fingerprint density at radius 3 is 2.15 bits per heavy atom. The van der Waals surface area contributed by atoms with Crippen LogP contribution in [0, 0.1) is 5.41 Å². The van der Waals surface area contributed by atoms with Crippen molar-refractivity contribution in [2.75, 3.05) is 26.8 Å². The summed E-state index contributed by atoms with van der Waals surface area (Å²) in [5, 5.41) is 14.6. The number of carbonyl (C=O) groups excluding carboxylic acids is 2. The second-order valence-electron chi connectivity index (χ2n) is 8.70. The van der Waals surface area contributed by atoms with Crippen LogP contribution >= 0.6 is 0 Å². The summed E-state index contributed by atoms with van der Waals surface area (Å²) in [6.45, 7) is 3.71. The zero-order chi connectivity index (χ0) is 24.7. The van der Waals surface area contributed by atoms with Crippen LogP contribution in [0.4, 0.5) is 4.79 Å². The summed E-state index contributed by atoms with van der Waals surface area (Å²) in [7, 11) is 1.40. The van der Waals surface area contributed by atoms with Gasteiger partial charge in [-0.2, -0.15) is 0 Å². The lowest BCUT2D eigenvalue weighted by Gasteiger charge is -2.24. The lowest BCUT2D eigenvalue weighted by molar-refractivity contribution is -0.148. The lowest BCUT2D eigenvalue weighted by atomic mass is 9.87. The van der Waals surface area contributed by atoms with Crippen LogP contribution in [0.2, 0.25) is 0 Å². The number of ether oxygens (including phenoxy) is 2. The molecule has 3 rings (SSSR count). The molecule has 8 nitrogen and oxygen atoms in total. The molecule has 2 aromatic rings. The molecule has 34 heavy (non-hydrogen) atoms. The fourth-order valence-electron chi connectivity index (χ4n) is 4.06. The van der Waals surface area contributed by atoms with Gasteiger partial charge in [0.05, 0.1) is 5.41 Å². The molecular weight excluding hydrogens is 436 g/mol. The van der Waals surface area contributed by atoms with Crippen molar-refractivity contribution < 1.29 is 29.0 Å². The fourth-order valence-corrected chi connectivity index (χ4v) is 4.06. The number of carboxylic acids is 1. The van der Waals surface area contributed by atoms with Crippen molar-refractivity contribution in [2.24, 2.45) is 5.41 Å². The maximum absolute atomic E-state index is 12.4. The zero-order valence-electron chi connectivity index (χ0n) is 19.8. The summed E-state index contributed by atoms with van der Waals surface area (Å²) in [6, 6.07) is 16.2. The van der Waals surface area contributed by atoms with Crippen molar-refractivity contribution in [1.29, 1.82) is 0 Å². The number of hydrogen-bond acceptors (Lipinski definition) is 5. The summed E-state index contributed by atoms with van der Waals surface area (Å²) in [6.07, 6.45) is -0.781. The number of alkyl carbamates (subject to hydrolysis) is 1. The second-order valence-corrected chi connectivity index (χ2v) is 8.70. The highest BCUT2D eigenvalue weighted by molar-refractivity contribution is 5.82. The molecule has 0 aromatic heterocycles. The van der Waals surface area contributed by atoms with Crippen LogP contribution in [-0.2, 0) is 19.1 Å². The van der Waals surface area contributed by atoms with Crippen LogP contribution in [0.5, 0.6) is 0 Å². The predicted molar refractivity (Wildman–Crippen MR) is 128 cm³/mol. The van der Waals surface area contributed by atoms with Crippen molar-refractivity contribution in [3.05, 3.63) is 59.7 Å². The Kier molecular flexibility index (Phi) is 8.28. The third-order valence-electron chi connectivity index (χ3n) is 6.55. The molecule has 8 heteroatoms. The van der Waals surface area contributed by atoms with Gasteiger partial charge in [0.1, 0.15) is 12.7 Å². The number of benzene rings is 2. The highest BCUT2D eigenvalue weighted by Crippen LogP contribution is 2.44. The highest BCUT2D eigenvalue weighted by atomic mass is 16.5. The Hall–Kier alpha value is -3.39. The molecule has 0 heterocycles. The number of carboxylic acid groups (broad SMARTS) is 1. The maximum atomic E-state index is 12.4. The molecule has 2 amide bonds. The van der Waals surface area contributed by atoms with Gasteiger partial charge in [0.15, 0.2) is 0 Å². The average Bonchev–Trinajstić information content (AvgIpc) is 3.17. The van der Waals surface area contributed by atoms with E-state index in [0.29, 0.717) is 6.42 Å². The van der Waals surface area contributed by atoms with Crippen LogP contribution in [0.3, 0.4) is 0 Å². The third-order valence-corrected chi connectivity index (χ3v) is 6.55. The number of hydrogen-bond donors (Lipinski definition) is 3. The monoisotopic (exact) mass is 468 g/mol. The van der Waals surface area contributed by atoms with E-state index >= 15 is 0 Å². The molecule has 1 aliphatic rings. The standard InChI is InChI=1S/C26H32N2O6/c1-4-26(2,24(30)31)16-28-23(29)22(33-3)13-14-27-25(32)34-15-21-19-11-7-5-9-17(19)18-10-6-8-12-20(18)21/h5-12,21-22H,4,13-16H2,1-3H3,(H,27,32)(H,28,29)(H,30,31). The SMILES string of the molecule is CCC(C)(CNC(=O)C(CCNC(=O)OCC1c2ccccc2-c2ccccc21)OC)C(=O)O. The number of carbonyl (C=O) groups is 3. The van der Waals surface area contributed by atoms with E-state index in [9.17, 15) is 19.5 Å². The van der Waals surface area contributed by atoms with E-state index in [4.69, 9.17) is 9.47 Å². The minimum absolute atomic E-state index is 0.00265. The number of rotatable bonds is 11. The molecule has 0 saturated heterocycles. The van der Waals surface area contributed by atoms with E-state index in [2.05, 4.69) is 34.9 Å². The summed E-state index contributed by atoms with van der Waals surface area (Å²) >= 11 is 0. The van der Waals surface area contributed by atoms with E-state index in [1.54, 1.807) is 13.8 Å². The van der Waals surface area contributed by atoms with Crippen molar-refractivity contribution >= 4 is 18.0 Å². The zero-order valence-corrected chi connectivity index (χ0v) is 19.8. The van der Waals surface area contributed by atoms with E-state index in [1.165, 1.54) is 7.11 Å². The first-order chi connectivity index (χ1) is 16.3. The van der Waals surface area contributed by atoms with Gasteiger partial charge in [-0.3, -0.25) is 9.59 Å². The minimum Gasteiger partial charge on any atom is -0.481 e. The van der Waals surface area contributed by atoms with Crippen LogP contribution in [0.15, 0.2) is 48.5 Å². The van der Waals surface area contributed by atoms with E-state index < -0.39 is 29.5 Å². The number of amides is 2. The fraction of sp³-hybridized carbons (Fsp3) is 0.423. The van der Waals surface area contributed by atoms with Gasteiger partial charge in [0.2, 0.25) is 5.91 Å². The Bertz CT molecular complexity index is 994. The Morgan fingerprint density at radius 2 is 1.62 bits per heavy atom. The van der Waals surface area contributed by atoms with Gasteiger partial charge in [0, 0.05) is 32.5 Å². The number of nitrogens with one attached hydrogen (secondary N) is 2. The number of methoxy groups -OCH3 is 1. The molecule has 0 bridgehead atoms. The Balaban J connectivity index is 1.47. The van der Waals surface area contributed by atoms with Gasteiger partial charge in [-0.05, 0) is 35.6 Å². The Morgan fingerprint density at radius 1 is 1.03 bits per heavy atom. The first kappa shape index (κ1) is 25.2. The molecule has 0 fully saturated rings. The normalized spacial score (nSPS) is 14.9. The molecule has 2 unspecified atom stereocenters. The van der Waals surface area contributed by atoms with Crippen LogP contribution in [0.1, 0.15) is 43.7 Å². The first-order valence-electron chi connectivity index (χ1n) is 11.4. The predicted octanol–water partition coefficient (Wildman–Crippen LogP) is 3.55. The molecule has 0 saturated carbocycles. The van der Waals surface area contributed by atoms with Crippen molar-refractivity contribution in [1.82, 2.24) is 10.6 Å². The van der Waals surface area contributed by atoms with Gasteiger partial charge in [-0.1, -0.05) is 55.5 Å². The Labute approximate surface area is 199 Å². The quantitative estimate of drug-likeness (QED) is 0.465. The van der Waals surface area contributed by atoms with E-state index in [0.717, 1.165) is 22.3 Å². The van der Waals surface area contributed by atoms with E-state index in [1.807, 2.05) is 24.3 Å². The first-order valence-corrected chi connectivity index (χ1v) is 11.4. The number of fused-ring (bicyclic) bond motifs is 3. The summed E-state index contributed by atoms with van der Waals surface area (Å²) in [5.74, 6) is -1.42. The van der Waals surface area contributed by atoms with Crippen LogP contribution in [-0.4, -0.2) is 56.0 Å². The molecular formula is C26H32N2O6. The van der Waals surface area contributed by atoms with Crippen LogP contribution in [0.25, 0.3) is 11.1 Å². The molecule has 1 aliphatic carbocycles. The van der Waals surface area contributed by atoms with Gasteiger partial charge in [-0.25, -0.2) is 4.79 Å². The third kappa shape index (κ3) is 5.56. The molecule has 0 radical (unpaired) electrons. The molecule has 2 atom stereocenters. The highest BCUT2D eigenvalue weighted by Gasteiger charge is 2.32. The number of aliphatic carboxylic acids is 1. The maximum Gasteiger partial charge on any atom is 0.407 e. The molecule has 3 N–H and O–H groups in total. The van der Waals surface area contributed by atoms with Gasteiger partial charge < -0.3 is 25.2 Å².